The fourth-order valence-electron chi connectivity index (χ4n) is 3.30. The number of carboxylic acid groups (broad SMARTS) is 1. The molecule has 42 heavy (non-hydrogen) atoms. The van der Waals surface area contributed by atoms with Crippen LogP contribution in [0.3, 0.4) is 0 Å². The Hall–Kier alpha value is -4.97. The molecule has 0 saturated heterocycles. The molecule has 0 spiro atoms. The molecule has 1 heterocycles. The van der Waals surface area contributed by atoms with Gasteiger partial charge in [-0.2, -0.15) is 5.26 Å². The number of carbonyl (C=O) groups is 1. The second-order valence-electron chi connectivity index (χ2n) is 8.12. The second-order valence-corrected chi connectivity index (χ2v) is 10.4. The summed E-state index contributed by atoms with van der Waals surface area (Å²) in [7, 11) is 3.22. The van der Waals surface area contributed by atoms with Gasteiger partial charge in [-0.15, -0.1) is 11.3 Å². The molecule has 1 N–H and O–H groups in total. The zero-order chi connectivity index (χ0) is 30.9. The number of carboxylic acids is 1. The number of aliphatic carboxylic acids is 1. The lowest BCUT2D eigenvalue weighted by Crippen LogP contribution is -2.11. The summed E-state index contributed by atoms with van der Waals surface area (Å²) in [5, 5.41) is 19.2. The third-order valence-corrected chi connectivity index (χ3v) is 7.53. The molecule has 0 saturated carbocycles. The van der Waals surface area contributed by atoms with Crippen LogP contribution in [0.4, 0.5) is 11.4 Å². The summed E-state index contributed by atoms with van der Waals surface area (Å²) in [6.07, 6.45) is 12.4. The molecule has 0 atom stereocenters. The molecular formula is C34H32N2O4S2. The number of thiophene rings is 1. The van der Waals surface area contributed by atoms with Crippen molar-refractivity contribution >= 4 is 58.2 Å². The summed E-state index contributed by atoms with van der Waals surface area (Å²) in [5.74, 6) is -0.508. The van der Waals surface area contributed by atoms with E-state index in [0.29, 0.717) is 0 Å². The number of rotatable bonds is 13. The molecule has 3 aromatic rings. The van der Waals surface area contributed by atoms with Crippen molar-refractivity contribution in [2.75, 3.05) is 19.1 Å². The van der Waals surface area contributed by atoms with Gasteiger partial charge in [0.15, 0.2) is 0 Å². The van der Waals surface area contributed by atoms with Crippen molar-refractivity contribution in [1.29, 1.82) is 5.26 Å². The number of hydrogen-bond donors (Lipinski definition) is 1. The summed E-state index contributed by atoms with van der Waals surface area (Å²) >= 11 is 2.73. The van der Waals surface area contributed by atoms with Crippen LogP contribution in [-0.4, -0.2) is 25.3 Å². The average molecular weight is 597 g/mol. The number of nitriles is 1. The zero-order valence-corrected chi connectivity index (χ0v) is 25.2. The van der Waals surface area contributed by atoms with Gasteiger partial charge in [-0.1, -0.05) is 74.5 Å². The quantitative estimate of drug-likeness (QED) is 0.0692. The molecule has 2 aromatic carbocycles. The maximum atomic E-state index is 11.0. The van der Waals surface area contributed by atoms with Crippen LogP contribution in [0.15, 0.2) is 127 Å². The Balaban J connectivity index is 0.00000144. The van der Waals surface area contributed by atoms with Gasteiger partial charge in [-0.3, -0.25) is 0 Å². The maximum absolute atomic E-state index is 11.0. The van der Waals surface area contributed by atoms with Crippen LogP contribution < -0.4 is 9.64 Å². The molecule has 0 fully saturated rings. The van der Waals surface area contributed by atoms with E-state index in [-0.39, 0.29) is 5.57 Å². The molecule has 3 rings (SSSR count). The first-order valence-corrected chi connectivity index (χ1v) is 14.1. The minimum Gasteiger partial charge on any atom is -0.503 e. The largest absolute Gasteiger partial charge is 0.503 e. The molecule has 0 aliphatic rings. The van der Waals surface area contributed by atoms with Crippen molar-refractivity contribution < 1.29 is 19.4 Å². The lowest BCUT2D eigenvalue weighted by molar-refractivity contribution is -0.132. The van der Waals surface area contributed by atoms with E-state index in [2.05, 4.69) is 26.3 Å². The van der Waals surface area contributed by atoms with Crippen molar-refractivity contribution in [2.45, 2.75) is 4.21 Å². The van der Waals surface area contributed by atoms with E-state index in [4.69, 9.17) is 19.8 Å². The van der Waals surface area contributed by atoms with E-state index < -0.39 is 5.97 Å². The summed E-state index contributed by atoms with van der Waals surface area (Å²) in [6.45, 7) is 14.7. The van der Waals surface area contributed by atoms with Crippen molar-refractivity contribution in [2.24, 2.45) is 0 Å². The van der Waals surface area contributed by atoms with E-state index in [1.165, 1.54) is 28.5 Å². The van der Waals surface area contributed by atoms with Crippen LogP contribution in [0.25, 0.3) is 17.7 Å². The molecule has 214 valence electrons. The molecule has 0 radical (unpaired) electrons. The summed E-state index contributed by atoms with van der Waals surface area (Å²) in [5.41, 5.74) is 4.20. The maximum Gasteiger partial charge on any atom is 0.346 e. The number of anilines is 2. The monoisotopic (exact) mass is 596 g/mol. The van der Waals surface area contributed by atoms with Gasteiger partial charge in [0.05, 0.1) is 30.4 Å². The Morgan fingerprint density at radius 3 is 2.33 bits per heavy atom. The van der Waals surface area contributed by atoms with Crippen molar-refractivity contribution in [3.8, 4) is 11.8 Å². The third kappa shape index (κ3) is 9.89. The molecular weight excluding hydrogens is 565 g/mol. The van der Waals surface area contributed by atoms with E-state index in [9.17, 15) is 4.79 Å². The molecule has 0 aliphatic carbocycles. The first-order chi connectivity index (χ1) is 20.3. The fourth-order valence-corrected chi connectivity index (χ4v) is 5.10. The van der Waals surface area contributed by atoms with E-state index >= 15 is 0 Å². The van der Waals surface area contributed by atoms with Crippen LogP contribution in [0.5, 0.6) is 5.75 Å². The molecule has 0 unspecified atom stereocenters. The van der Waals surface area contributed by atoms with Crippen molar-refractivity contribution in [1.82, 2.24) is 0 Å². The highest BCUT2D eigenvalue weighted by molar-refractivity contribution is 8.03. The van der Waals surface area contributed by atoms with Gasteiger partial charge in [-0.25, -0.2) is 4.79 Å². The molecule has 0 amide bonds. The van der Waals surface area contributed by atoms with Gasteiger partial charge in [0.1, 0.15) is 17.4 Å². The topological polar surface area (TPSA) is 82.8 Å². The van der Waals surface area contributed by atoms with Crippen LogP contribution in [0.2, 0.25) is 0 Å². The van der Waals surface area contributed by atoms with E-state index in [1.54, 1.807) is 44.8 Å². The SMILES string of the molecule is C=CC(=C)c1cc(OC)ccc1N(/C=C\OC)c1ccc(/C=C/c2ccc(S/C=C(\C#N)C(=O)O)s2)cc1.C=CC=C. The number of thioether (sulfide) groups is 1. The molecule has 8 heteroatoms. The Morgan fingerprint density at radius 1 is 1.05 bits per heavy atom. The molecule has 1 aromatic heterocycles. The Labute approximate surface area is 255 Å². The van der Waals surface area contributed by atoms with Gasteiger partial charge in [-0.05, 0) is 59.7 Å². The van der Waals surface area contributed by atoms with Crippen LogP contribution >= 0.6 is 23.1 Å². The Bertz CT molecular complexity index is 1530. The smallest absolute Gasteiger partial charge is 0.346 e. The second kappa shape index (κ2) is 17.7. The highest BCUT2D eigenvalue weighted by atomic mass is 32.2. The number of benzene rings is 2. The predicted octanol–water partition coefficient (Wildman–Crippen LogP) is 9.32. The number of hydrogen-bond acceptors (Lipinski definition) is 7. The Kier molecular flexibility index (Phi) is 14.0. The lowest BCUT2D eigenvalue weighted by atomic mass is 10.0. The number of ether oxygens (including phenoxy) is 2. The number of nitrogens with zero attached hydrogens (tertiary/aromatic N) is 2. The number of methoxy groups -OCH3 is 2. The summed E-state index contributed by atoms with van der Waals surface area (Å²) in [6, 6.07) is 19.4. The Morgan fingerprint density at radius 2 is 1.76 bits per heavy atom. The van der Waals surface area contributed by atoms with Crippen LogP contribution in [-0.2, 0) is 9.53 Å². The zero-order valence-electron chi connectivity index (χ0n) is 23.5. The average Bonchev–Trinajstić information content (AvgIpc) is 3.48. The number of allylic oxidation sites excluding steroid dienone is 4. The summed E-state index contributed by atoms with van der Waals surface area (Å²) < 4.78 is 11.5. The van der Waals surface area contributed by atoms with E-state index in [1.807, 2.05) is 77.8 Å². The highest BCUT2D eigenvalue weighted by Crippen LogP contribution is 2.36. The van der Waals surface area contributed by atoms with Gasteiger partial charge in [0.2, 0.25) is 0 Å². The first-order valence-electron chi connectivity index (χ1n) is 12.4. The predicted molar refractivity (Wildman–Crippen MR) is 178 cm³/mol. The van der Waals surface area contributed by atoms with Crippen molar-refractivity contribution in [3.05, 3.63) is 139 Å². The first kappa shape index (κ1) is 33.2. The lowest BCUT2D eigenvalue weighted by Gasteiger charge is -2.24. The minimum absolute atomic E-state index is 0.287. The molecule has 6 nitrogen and oxygen atoms in total. The minimum atomic E-state index is -1.23. The van der Waals surface area contributed by atoms with Gasteiger partial charge in [0, 0.05) is 27.7 Å². The third-order valence-electron chi connectivity index (χ3n) is 5.43. The van der Waals surface area contributed by atoms with Crippen LogP contribution in [0, 0.1) is 11.3 Å². The van der Waals surface area contributed by atoms with E-state index in [0.717, 1.165) is 42.9 Å². The van der Waals surface area contributed by atoms with Gasteiger partial charge in [0.25, 0.3) is 0 Å². The van der Waals surface area contributed by atoms with Gasteiger partial charge < -0.3 is 19.5 Å². The molecule has 0 bridgehead atoms. The highest BCUT2D eigenvalue weighted by Gasteiger charge is 2.14. The molecule has 0 aliphatic heterocycles. The fraction of sp³-hybridized carbons (Fsp3) is 0.0588. The van der Waals surface area contributed by atoms with Gasteiger partial charge >= 0.3 is 5.97 Å². The normalized spacial score (nSPS) is 10.7. The summed E-state index contributed by atoms with van der Waals surface area (Å²) in [4.78, 5) is 14.0. The van der Waals surface area contributed by atoms with Crippen LogP contribution in [0.1, 0.15) is 16.0 Å². The van der Waals surface area contributed by atoms with Crippen molar-refractivity contribution in [3.63, 3.8) is 0 Å². The standard InChI is InChI=1S/C30H26N2O4S2.C4H6/c1-5-21(2)27-18-25(36-4)11-14-28(27)32(16-17-35-3)24-9-6-22(7-10-24)8-12-26-13-15-29(38-26)37-20-23(19-31)30(33)34;1-3-4-2/h5-18,20H,1-2H2,3-4H3,(H,33,34);3-4H,1-2H2/b12-8+,17-16-,23-20+;.